The van der Waals surface area contributed by atoms with Gasteiger partial charge in [-0.25, -0.2) is 0 Å². The molecule has 0 N–H and O–H groups in total. The van der Waals surface area contributed by atoms with Crippen molar-refractivity contribution in [1.29, 1.82) is 0 Å². The quantitative estimate of drug-likeness (QED) is 0.533. The van der Waals surface area contributed by atoms with Gasteiger partial charge in [-0.05, 0) is 38.5 Å². The lowest BCUT2D eigenvalue weighted by molar-refractivity contribution is 0.229. The molecule has 0 saturated carbocycles. The van der Waals surface area contributed by atoms with Crippen molar-refractivity contribution < 1.29 is 0 Å². The topological polar surface area (TPSA) is 3.24 Å². The molecule has 0 aromatic carbocycles. The molecule has 1 heteroatoms. The molecule has 68 valence electrons. The molecule has 2 rings (SSSR count). The van der Waals surface area contributed by atoms with Crippen LogP contribution in [0.4, 0.5) is 0 Å². The molecule has 0 aliphatic carbocycles. The molecular weight excluding hydrogens is 146 g/mol. The minimum Gasteiger partial charge on any atom is -0.375 e. The largest absolute Gasteiger partial charge is 0.375 e. The van der Waals surface area contributed by atoms with Crippen LogP contribution in [0.2, 0.25) is 0 Å². The van der Waals surface area contributed by atoms with Crippen molar-refractivity contribution in [2.24, 2.45) is 5.92 Å². The number of allylic oxidation sites excluding steroid dienone is 2. The van der Waals surface area contributed by atoms with Crippen molar-refractivity contribution >= 4 is 0 Å². The van der Waals surface area contributed by atoms with E-state index in [0.717, 1.165) is 5.92 Å². The van der Waals surface area contributed by atoms with Gasteiger partial charge in [0.05, 0.1) is 0 Å². The summed E-state index contributed by atoms with van der Waals surface area (Å²) in [7, 11) is 0. The van der Waals surface area contributed by atoms with Gasteiger partial charge in [-0.1, -0.05) is 12.5 Å². The third kappa shape index (κ3) is 1.26. The molecule has 0 amide bonds. The summed E-state index contributed by atoms with van der Waals surface area (Å²) < 4.78 is 0. The first-order valence-corrected chi connectivity index (χ1v) is 5.23. The first-order valence-electron chi connectivity index (χ1n) is 5.23. The number of rotatable bonds is 0. The van der Waals surface area contributed by atoms with Crippen LogP contribution in [-0.4, -0.2) is 18.0 Å². The zero-order chi connectivity index (χ0) is 8.55. The lowest BCUT2D eigenvalue weighted by atomic mass is 9.88. The van der Waals surface area contributed by atoms with Gasteiger partial charge in [0.25, 0.3) is 0 Å². The molecule has 0 aromatic heterocycles. The number of piperidine rings is 1. The summed E-state index contributed by atoms with van der Waals surface area (Å²) in [5, 5.41) is 0. The van der Waals surface area contributed by atoms with Gasteiger partial charge in [0.1, 0.15) is 0 Å². The van der Waals surface area contributed by atoms with Crippen LogP contribution >= 0.6 is 0 Å². The SMILES string of the molecule is CC1=C2C(C)CCCN2CCC1. The Bertz CT molecular complexity index is 205. The summed E-state index contributed by atoms with van der Waals surface area (Å²) in [6, 6.07) is 0. The normalized spacial score (nSPS) is 30.5. The Balaban J connectivity index is 2.25. The molecule has 12 heavy (non-hydrogen) atoms. The van der Waals surface area contributed by atoms with Crippen molar-refractivity contribution in [3.05, 3.63) is 11.3 Å². The first kappa shape index (κ1) is 8.15. The Morgan fingerprint density at radius 2 is 2.00 bits per heavy atom. The molecular formula is C11H19N. The van der Waals surface area contributed by atoms with Gasteiger partial charge in [-0.15, -0.1) is 0 Å². The highest BCUT2D eigenvalue weighted by atomic mass is 15.1. The Morgan fingerprint density at radius 3 is 2.75 bits per heavy atom. The predicted octanol–water partition coefficient (Wildman–Crippen LogP) is 2.79. The van der Waals surface area contributed by atoms with Crippen LogP contribution < -0.4 is 0 Å². The van der Waals surface area contributed by atoms with Crippen LogP contribution in [0.15, 0.2) is 11.3 Å². The summed E-state index contributed by atoms with van der Waals surface area (Å²) in [5.41, 5.74) is 3.35. The number of hydrogen-bond acceptors (Lipinski definition) is 1. The van der Waals surface area contributed by atoms with Crippen LogP contribution in [0.3, 0.4) is 0 Å². The molecule has 0 radical (unpaired) electrons. The molecule has 1 fully saturated rings. The van der Waals surface area contributed by atoms with Gasteiger partial charge < -0.3 is 4.90 Å². The number of nitrogens with zero attached hydrogens (tertiary/aromatic N) is 1. The van der Waals surface area contributed by atoms with Crippen LogP contribution in [0, 0.1) is 5.92 Å². The summed E-state index contributed by atoms with van der Waals surface area (Å²) in [5.74, 6) is 0.832. The fourth-order valence-electron chi connectivity index (χ4n) is 2.74. The lowest BCUT2D eigenvalue weighted by Crippen LogP contribution is -2.36. The second-order valence-electron chi connectivity index (χ2n) is 4.30. The van der Waals surface area contributed by atoms with Gasteiger partial charge in [0, 0.05) is 18.8 Å². The van der Waals surface area contributed by atoms with E-state index in [1.165, 1.54) is 38.8 Å². The van der Waals surface area contributed by atoms with Gasteiger partial charge in [-0.3, -0.25) is 0 Å². The van der Waals surface area contributed by atoms with E-state index in [4.69, 9.17) is 0 Å². The number of fused-ring (bicyclic) bond motifs is 1. The van der Waals surface area contributed by atoms with E-state index in [0.29, 0.717) is 0 Å². The van der Waals surface area contributed by atoms with E-state index in [9.17, 15) is 0 Å². The molecule has 2 heterocycles. The average molecular weight is 165 g/mol. The first-order chi connectivity index (χ1) is 5.79. The van der Waals surface area contributed by atoms with E-state index >= 15 is 0 Å². The van der Waals surface area contributed by atoms with E-state index in [-0.39, 0.29) is 0 Å². The Labute approximate surface area is 75.4 Å². The van der Waals surface area contributed by atoms with Crippen molar-refractivity contribution in [3.63, 3.8) is 0 Å². The monoisotopic (exact) mass is 165 g/mol. The zero-order valence-corrected chi connectivity index (χ0v) is 8.27. The maximum absolute atomic E-state index is 2.62. The van der Waals surface area contributed by atoms with Crippen molar-refractivity contribution in [2.75, 3.05) is 13.1 Å². The predicted molar refractivity (Wildman–Crippen MR) is 51.9 cm³/mol. The van der Waals surface area contributed by atoms with Crippen LogP contribution in [0.5, 0.6) is 0 Å². The second-order valence-corrected chi connectivity index (χ2v) is 4.30. The fraction of sp³-hybridized carbons (Fsp3) is 0.818. The summed E-state index contributed by atoms with van der Waals surface area (Å²) in [4.78, 5) is 2.62. The standard InChI is InChI=1S/C11H19N/c1-9-5-3-7-12-8-4-6-10(2)11(9)12/h9H,3-8H2,1-2H3. The van der Waals surface area contributed by atoms with E-state index in [1.54, 1.807) is 11.3 Å². The third-order valence-electron chi connectivity index (χ3n) is 3.29. The Morgan fingerprint density at radius 1 is 1.25 bits per heavy atom. The molecule has 0 bridgehead atoms. The van der Waals surface area contributed by atoms with E-state index in [2.05, 4.69) is 18.7 Å². The number of hydrogen-bond donors (Lipinski definition) is 0. The van der Waals surface area contributed by atoms with Gasteiger partial charge in [-0.2, -0.15) is 0 Å². The molecule has 1 unspecified atom stereocenters. The molecule has 2 aliphatic rings. The van der Waals surface area contributed by atoms with Gasteiger partial charge in [0.2, 0.25) is 0 Å². The van der Waals surface area contributed by atoms with Crippen molar-refractivity contribution in [3.8, 4) is 0 Å². The van der Waals surface area contributed by atoms with Crippen molar-refractivity contribution in [1.82, 2.24) is 4.90 Å². The summed E-state index contributed by atoms with van der Waals surface area (Å²) in [6.45, 7) is 7.34. The molecule has 1 saturated heterocycles. The highest BCUT2D eigenvalue weighted by Gasteiger charge is 2.25. The molecule has 1 nitrogen and oxygen atoms in total. The smallest absolute Gasteiger partial charge is 0.0178 e. The average Bonchev–Trinajstić information content (AvgIpc) is 2.04. The van der Waals surface area contributed by atoms with Crippen LogP contribution in [0.1, 0.15) is 39.5 Å². The van der Waals surface area contributed by atoms with E-state index < -0.39 is 0 Å². The molecule has 2 aliphatic heterocycles. The highest BCUT2D eigenvalue weighted by molar-refractivity contribution is 5.18. The second kappa shape index (κ2) is 3.12. The van der Waals surface area contributed by atoms with Crippen LogP contribution in [0.25, 0.3) is 0 Å². The lowest BCUT2D eigenvalue weighted by Gasteiger charge is -2.40. The van der Waals surface area contributed by atoms with Crippen LogP contribution in [-0.2, 0) is 0 Å². The zero-order valence-electron chi connectivity index (χ0n) is 8.27. The summed E-state index contributed by atoms with van der Waals surface area (Å²) >= 11 is 0. The maximum Gasteiger partial charge on any atom is 0.0178 e. The van der Waals surface area contributed by atoms with Gasteiger partial charge >= 0.3 is 0 Å². The molecule has 0 aromatic rings. The molecule has 1 atom stereocenters. The van der Waals surface area contributed by atoms with Crippen molar-refractivity contribution in [2.45, 2.75) is 39.5 Å². The Hall–Kier alpha value is -0.460. The fourth-order valence-corrected chi connectivity index (χ4v) is 2.74. The molecule has 0 spiro atoms. The van der Waals surface area contributed by atoms with E-state index in [1.807, 2.05) is 0 Å². The minimum atomic E-state index is 0.832. The highest BCUT2D eigenvalue weighted by Crippen LogP contribution is 2.33. The third-order valence-corrected chi connectivity index (χ3v) is 3.29. The van der Waals surface area contributed by atoms with Gasteiger partial charge in [0.15, 0.2) is 0 Å². The maximum atomic E-state index is 2.62. The Kier molecular flexibility index (Phi) is 2.12. The summed E-state index contributed by atoms with van der Waals surface area (Å²) in [6.07, 6.45) is 5.53. The minimum absolute atomic E-state index is 0.832.